The highest BCUT2D eigenvalue weighted by molar-refractivity contribution is 5.60. The molecule has 0 saturated heterocycles. The van der Waals surface area contributed by atoms with Crippen molar-refractivity contribution in [2.24, 2.45) is 11.8 Å². The average molecular weight is 441 g/mol. The van der Waals surface area contributed by atoms with Crippen LogP contribution in [0.4, 0.5) is 4.39 Å². The number of rotatable bonds is 13. The molecule has 4 heteroatoms. The Bertz CT molecular complexity index is 785. The van der Waals surface area contributed by atoms with Crippen molar-refractivity contribution in [2.75, 3.05) is 6.61 Å². The van der Waals surface area contributed by atoms with Crippen LogP contribution in [0.3, 0.4) is 0 Å². The normalized spacial score (nSPS) is 18.6. The molecule has 0 unspecified atom stereocenters. The highest BCUT2D eigenvalue weighted by atomic mass is 19.1. The number of halogens is 1. The van der Waals surface area contributed by atoms with Crippen LogP contribution in [0.5, 0.6) is 5.88 Å². The molecule has 3 nitrogen and oxygen atoms in total. The van der Waals surface area contributed by atoms with Crippen molar-refractivity contribution in [3.05, 3.63) is 41.7 Å². The SMILES string of the molecule is CCCCCCOc1ccc(-c2ccc(CCC3CCC(CCCC)CC3)cc2F)nn1. The monoisotopic (exact) mass is 440 g/mol. The number of hydrogen-bond acceptors (Lipinski definition) is 3. The number of ether oxygens (including phenoxy) is 1. The van der Waals surface area contributed by atoms with Gasteiger partial charge >= 0.3 is 0 Å². The van der Waals surface area contributed by atoms with Gasteiger partial charge in [-0.05, 0) is 54.9 Å². The lowest BCUT2D eigenvalue weighted by Crippen LogP contribution is -2.15. The zero-order valence-electron chi connectivity index (χ0n) is 20.1. The minimum atomic E-state index is -0.215. The van der Waals surface area contributed by atoms with E-state index in [9.17, 15) is 4.39 Å². The van der Waals surface area contributed by atoms with Crippen molar-refractivity contribution in [2.45, 2.75) is 97.3 Å². The molecule has 1 aromatic carbocycles. The van der Waals surface area contributed by atoms with Crippen LogP contribution >= 0.6 is 0 Å². The molecule has 176 valence electrons. The molecule has 2 aromatic rings. The Labute approximate surface area is 194 Å². The smallest absolute Gasteiger partial charge is 0.233 e. The molecule has 1 fully saturated rings. The number of aryl methyl sites for hydroxylation is 1. The summed E-state index contributed by atoms with van der Waals surface area (Å²) in [7, 11) is 0. The Morgan fingerprint density at radius 2 is 1.59 bits per heavy atom. The second kappa shape index (κ2) is 13.5. The molecule has 3 rings (SSSR count). The van der Waals surface area contributed by atoms with Gasteiger partial charge in [0.25, 0.3) is 0 Å². The van der Waals surface area contributed by atoms with Gasteiger partial charge in [0.2, 0.25) is 5.88 Å². The van der Waals surface area contributed by atoms with E-state index < -0.39 is 0 Å². The van der Waals surface area contributed by atoms with Crippen molar-refractivity contribution in [3.63, 3.8) is 0 Å². The molecule has 1 aromatic heterocycles. The first-order valence-corrected chi connectivity index (χ1v) is 12.9. The molecule has 1 heterocycles. The second-order valence-corrected chi connectivity index (χ2v) is 9.55. The van der Waals surface area contributed by atoms with Gasteiger partial charge in [0.05, 0.1) is 12.3 Å². The maximum atomic E-state index is 14.8. The first kappa shape index (κ1) is 24.7. The van der Waals surface area contributed by atoms with Gasteiger partial charge in [0, 0.05) is 11.6 Å². The molecule has 0 atom stereocenters. The fourth-order valence-corrected chi connectivity index (χ4v) is 4.84. The lowest BCUT2D eigenvalue weighted by atomic mass is 9.78. The maximum absolute atomic E-state index is 14.8. The summed E-state index contributed by atoms with van der Waals surface area (Å²) in [6, 6.07) is 9.16. The lowest BCUT2D eigenvalue weighted by Gasteiger charge is -2.28. The van der Waals surface area contributed by atoms with E-state index in [-0.39, 0.29) is 5.82 Å². The lowest BCUT2D eigenvalue weighted by molar-refractivity contribution is 0.250. The predicted molar refractivity (Wildman–Crippen MR) is 130 cm³/mol. The summed E-state index contributed by atoms with van der Waals surface area (Å²) in [6.07, 6.45) is 16.3. The van der Waals surface area contributed by atoms with Crippen LogP contribution in [0.2, 0.25) is 0 Å². The van der Waals surface area contributed by atoms with E-state index in [1.165, 1.54) is 70.6 Å². The third-order valence-electron chi connectivity index (χ3n) is 6.97. The van der Waals surface area contributed by atoms with E-state index in [0.29, 0.717) is 23.7 Å². The van der Waals surface area contributed by atoms with E-state index >= 15 is 0 Å². The average Bonchev–Trinajstić information content (AvgIpc) is 2.82. The van der Waals surface area contributed by atoms with Crippen molar-refractivity contribution >= 4 is 0 Å². The molecule has 0 aliphatic heterocycles. The number of unbranched alkanes of at least 4 members (excludes halogenated alkanes) is 4. The molecule has 1 aliphatic carbocycles. The largest absolute Gasteiger partial charge is 0.477 e. The molecule has 0 spiro atoms. The number of aromatic nitrogens is 2. The molecular weight excluding hydrogens is 399 g/mol. The second-order valence-electron chi connectivity index (χ2n) is 9.55. The third-order valence-corrected chi connectivity index (χ3v) is 6.97. The van der Waals surface area contributed by atoms with Gasteiger partial charge in [0.1, 0.15) is 5.82 Å². The predicted octanol–water partition coefficient (Wildman–Crippen LogP) is 8.17. The van der Waals surface area contributed by atoms with Crippen molar-refractivity contribution in [3.8, 4) is 17.1 Å². The summed E-state index contributed by atoms with van der Waals surface area (Å²) >= 11 is 0. The van der Waals surface area contributed by atoms with Gasteiger partial charge < -0.3 is 4.74 Å². The highest BCUT2D eigenvalue weighted by Crippen LogP contribution is 2.34. The quantitative estimate of drug-likeness (QED) is 0.295. The first-order valence-electron chi connectivity index (χ1n) is 12.9. The van der Waals surface area contributed by atoms with E-state index in [2.05, 4.69) is 24.0 Å². The Balaban J connectivity index is 1.45. The summed E-state index contributed by atoms with van der Waals surface area (Å²) in [5.41, 5.74) is 2.14. The van der Waals surface area contributed by atoms with Crippen molar-refractivity contribution in [1.82, 2.24) is 10.2 Å². The van der Waals surface area contributed by atoms with Crippen molar-refractivity contribution < 1.29 is 9.13 Å². The van der Waals surface area contributed by atoms with Crippen LogP contribution in [-0.4, -0.2) is 16.8 Å². The third kappa shape index (κ3) is 7.86. The molecular formula is C28H41FN2O. The van der Waals surface area contributed by atoms with Gasteiger partial charge in [0.15, 0.2) is 0 Å². The Hall–Kier alpha value is -1.97. The van der Waals surface area contributed by atoms with E-state index in [4.69, 9.17) is 4.74 Å². The van der Waals surface area contributed by atoms with E-state index in [1.54, 1.807) is 18.2 Å². The Morgan fingerprint density at radius 3 is 2.25 bits per heavy atom. The van der Waals surface area contributed by atoms with Gasteiger partial charge in [-0.15, -0.1) is 10.2 Å². The van der Waals surface area contributed by atoms with Crippen LogP contribution in [-0.2, 0) is 6.42 Å². The molecule has 32 heavy (non-hydrogen) atoms. The molecule has 0 bridgehead atoms. The summed E-state index contributed by atoms with van der Waals surface area (Å²) in [4.78, 5) is 0. The van der Waals surface area contributed by atoms with Gasteiger partial charge in [-0.3, -0.25) is 0 Å². The van der Waals surface area contributed by atoms with Crippen LogP contribution in [0.15, 0.2) is 30.3 Å². The van der Waals surface area contributed by atoms with Crippen LogP contribution in [0, 0.1) is 17.7 Å². The standard InChI is InChI=1S/C28H41FN2O/c1-3-5-7-8-20-32-28-19-18-27(30-31-28)25-17-16-24(21-26(25)29)15-14-23-12-10-22(11-13-23)9-6-4-2/h16-19,21-23H,3-15,20H2,1-2H3. The minimum Gasteiger partial charge on any atom is -0.477 e. The zero-order chi connectivity index (χ0) is 22.6. The summed E-state index contributed by atoms with van der Waals surface area (Å²) in [5.74, 6) is 2.04. The fraction of sp³-hybridized carbons (Fsp3) is 0.643. The Kier molecular flexibility index (Phi) is 10.4. The summed E-state index contributed by atoms with van der Waals surface area (Å²) in [6.45, 7) is 5.12. The summed E-state index contributed by atoms with van der Waals surface area (Å²) in [5, 5.41) is 8.31. The number of hydrogen-bond donors (Lipinski definition) is 0. The van der Waals surface area contributed by atoms with Crippen LogP contribution in [0.25, 0.3) is 11.3 Å². The van der Waals surface area contributed by atoms with E-state index in [1.807, 2.05) is 12.1 Å². The molecule has 0 radical (unpaired) electrons. The number of benzene rings is 1. The minimum absolute atomic E-state index is 0.215. The molecule has 0 N–H and O–H groups in total. The molecule has 0 amide bonds. The van der Waals surface area contributed by atoms with Gasteiger partial charge in [-0.1, -0.05) is 84.1 Å². The fourth-order valence-electron chi connectivity index (χ4n) is 4.84. The molecule has 1 saturated carbocycles. The summed E-state index contributed by atoms with van der Waals surface area (Å²) < 4.78 is 20.4. The van der Waals surface area contributed by atoms with E-state index in [0.717, 1.165) is 30.2 Å². The topological polar surface area (TPSA) is 35.0 Å². The number of nitrogens with zero attached hydrogens (tertiary/aromatic N) is 2. The van der Waals surface area contributed by atoms with Crippen LogP contribution < -0.4 is 4.74 Å². The first-order chi connectivity index (χ1) is 15.7. The van der Waals surface area contributed by atoms with Crippen LogP contribution in [0.1, 0.15) is 96.5 Å². The van der Waals surface area contributed by atoms with Gasteiger partial charge in [-0.2, -0.15) is 0 Å². The maximum Gasteiger partial charge on any atom is 0.233 e. The Morgan fingerprint density at radius 1 is 0.844 bits per heavy atom. The highest BCUT2D eigenvalue weighted by Gasteiger charge is 2.20. The zero-order valence-corrected chi connectivity index (χ0v) is 20.1. The van der Waals surface area contributed by atoms with Gasteiger partial charge in [-0.25, -0.2) is 4.39 Å². The molecule has 1 aliphatic rings. The van der Waals surface area contributed by atoms with Crippen molar-refractivity contribution in [1.29, 1.82) is 0 Å².